The molecule has 1 aliphatic rings. The van der Waals surface area contributed by atoms with E-state index in [-0.39, 0.29) is 11.4 Å². The third-order valence-corrected chi connectivity index (χ3v) is 6.29. The maximum Gasteiger partial charge on any atom is 0.333 e. The summed E-state index contributed by atoms with van der Waals surface area (Å²) >= 11 is 0. The Hall–Kier alpha value is -4.23. The second-order valence-electron chi connectivity index (χ2n) is 8.75. The Balaban J connectivity index is 1.50. The predicted octanol–water partition coefficient (Wildman–Crippen LogP) is 3.59. The molecule has 3 aromatic heterocycles. The van der Waals surface area contributed by atoms with Crippen molar-refractivity contribution in [3.63, 3.8) is 0 Å². The van der Waals surface area contributed by atoms with Crippen LogP contribution in [-0.4, -0.2) is 62.2 Å². The molecule has 0 unspecified atom stereocenters. The number of aliphatic hydroxyl groups is 1. The number of hydrogen-bond donors (Lipinski definition) is 3. The lowest BCUT2D eigenvalue weighted by atomic mass is 10.0. The summed E-state index contributed by atoms with van der Waals surface area (Å²) in [4.78, 5) is 15.0. The predicted molar refractivity (Wildman–Crippen MR) is 135 cm³/mol. The molecule has 0 radical (unpaired) electrons. The van der Waals surface area contributed by atoms with Gasteiger partial charge in [0, 0.05) is 60.6 Å². The molecule has 38 heavy (non-hydrogen) atoms. The van der Waals surface area contributed by atoms with Crippen LogP contribution in [0.1, 0.15) is 13.0 Å². The van der Waals surface area contributed by atoms with E-state index in [9.17, 15) is 18.3 Å². The molecule has 0 amide bonds. The smallest absolute Gasteiger partial charge is 0.333 e. The molecule has 198 valence electrons. The Bertz CT molecular complexity index is 1430. The third kappa shape index (κ3) is 5.10. The van der Waals surface area contributed by atoms with E-state index in [2.05, 4.69) is 25.4 Å². The van der Waals surface area contributed by atoms with Gasteiger partial charge in [-0.2, -0.15) is 13.9 Å². The van der Waals surface area contributed by atoms with Crippen LogP contribution in [-0.2, 0) is 0 Å². The Labute approximate surface area is 215 Å². The van der Waals surface area contributed by atoms with Gasteiger partial charge in [0.2, 0.25) is 0 Å². The van der Waals surface area contributed by atoms with E-state index in [4.69, 9.17) is 10.5 Å². The number of ether oxygens (including phenoxy) is 1. The first-order valence-corrected chi connectivity index (χ1v) is 11.8. The first-order chi connectivity index (χ1) is 18.3. The molecule has 0 bridgehead atoms. The van der Waals surface area contributed by atoms with Crippen molar-refractivity contribution in [1.29, 1.82) is 0 Å². The fourth-order valence-corrected chi connectivity index (χ4v) is 4.34. The Morgan fingerprint density at radius 1 is 1.18 bits per heavy atom. The number of halogens is 3. The van der Waals surface area contributed by atoms with E-state index >= 15 is 0 Å². The minimum absolute atomic E-state index is 0.122. The van der Waals surface area contributed by atoms with E-state index in [1.165, 1.54) is 37.8 Å². The van der Waals surface area contributed by atoms with Gasteiger partial charge >= 0.3 is 6.55 Å². The zero-order valence-corrected chi connectivity index (χ0v) is 20.3. The maximum absolute atomic E-state index is 14.6. The van der Waals surface area contributed by atoms with Gasteiger partial charge in [0.05, 0.1) is 25.0 Å². The zero-order valence-electron chi connectivity index (χ0n) is 20.3. The second kappa shape index (κ2) is 10.6. The summed E-state index contributed by atoms with van der Waals surface area (Å²) in [6, 6.07) is 7.31. The highest BCUT2D eigenvalue weighted by molar-refractivity contribution is 5.80. The van der Waals surface area contributed by atoms with Crippen LogP contribution in [0, 0.1) is 5.82 Å². The fraction of sp³-hybridized carbons (Fsp3) is 0.280. The minimum atomic E-state index is -2.78. The number of pyridine rings is 1. The van der Waals surface area contributed by atoms with Crippen LogP contribution in [0.3, 0.4) is 0 Å². The number of nitrogens with one attached hydrogen (secondary N) is 1. The first-order valence-electron chi connectivity index (χ1n) is 11.8. The lowest BCUT2D eigenvalue weighted by Crippen LogP contribution is -2.51. The summed E-state index contributed by atoms with van der Waals surface area (Å²) in [6.07, 6.45) is 5.43. The largest absolute Gasteiger partial charge is 0.496 e. The second-order valence-corrected chi connectivity index (χ2v) is 8.75. The summed E-state index contributed by atoms with van der Waals surface area (Å²) in [5.74, 6) is 0.633. The molecule has 2 atom stereocenters. The quantitative estimate of drug-likeness (QED) is 0.331. The summed E-state index contributed by atoms with van der Waals surface area (Å²) in [7, 11) is 1.43. The third-order valence-electron chi connectivity index (χ3n) is 6.29. The number of nitrogens with zero attached hydrogens (tertiary/aromatic N) is 6. The maximum atomic E-state index is 14.6. The van der Waals surface area contributed by atoms with Crippen molar-refractivity contribution < 1.29 is 23.0 Å². The van der Waals surface area contributed by atoms with Crippen LogP contribution >= 0.6 is 0 Å². The van der Waals surface area contributed by atoms with Crippen molar-refractivity contribution in [2.75, 3.05) is 30.4 Å². The number of hydrogen-bond acceptors (Lipinski definition) is 9. The average Bonchev–Trinajstić information content (AvgIpc) is 3.41. The number of nitrogens with two attached hydrogens (primary N) is 1. The van der Waals surface area contributed by atoms with Gasteiger partial charge in [-0.25, -0.2) is 24.0 Å². The minimum Gasteiger partial charge on any atom is -0.496 e. The molecular formula is C25H25F3N8O2. The van der Waals surface area contributed by atoms with E-state index in [1.807, 2.05) is 4.90 Å². The van der Waals surface area contributed by atoms with E-state index < -0.39 is 24.5 Å². The number of methoxy groups -OCH3 is 1. The van der Waals surface area contributed by atoms with Crippen molar-refractivity contribution in [3.8, 4) is 28.3 Å². The number of rotatable bonds is 7. The molecule has 5 rings (SSSR count). The van der Waals surface area contributed by atoms with Crippen LogP contribution in [0.2, 0.25) is 0 Å². The van der Waals surface area contributed by atoms with Crippen molar-refractivity contribution in [3.05, 3.63) is 60.9 Å². The normalized spacial score (nSPS) is 17.6. The highest BCUT2D eigenvalue weighted by atomic mass is 19.3. The lowest BCUT2D eigenvalue weighted by Gasteiger charge is -2.36. The topological polar surface area (TPSA) is 127 Å². The molecule has 4 aromatic rings. The molecule has 1 fully saturated rings. The molecule has 1 aromatic carbocycles. The van der Waals surface area contributed by atoms with Crippen molar-refractivity contribution in [2.24, 2.45) is 5.73 Å². The molecule has 4 heterocycles. The number of benzene rings is 1. The van der Waals surface area contributed by atoms with Gasteiger partial charge in [-0.05, 0) is 24.6 Å². The van der Waals surface area contributed by atoms with Crippen molar-refractivity contribution in [2.45, 2.75) is 25.1 Å². The van der Waals surface area contributed by atoms with Crippen LogP contribution < -0.4 is 20.7 Å². The molecule has 1 saturated heterocycles. The SMILES string of the molecule is COc1cccc(F)c1-c1nccc(Nc2cc(N3CC[C@@H](O)[C@H](N)C3)c(-c3cnn(C(F)F)c3)cn2)n1. The van der Waals surface area contributed by atoms with E-state index in [1.54, 1.807) is 24.4 Å². The summed E-state index contributed by atoms with van der Waals surface area (Å²) in [5, 5.41) is 16.9. The number of piperidine rings is 1. The lowest BCUT2D eigenvalue weighted by molar-refractivity contribution is 0.0566. The van der Waals surface area contributed by atoms with Gasteiger partial charge in [0.25, 0.3) is 0 Å². The van der Waals surface area contributed by atoms with E-state index in [0.29, 0.717) is 58.4 Å². The van der Waals surface area contributed by atoms with Crippen LogP contribution in [0.15, 0.2) is 55.1 Å². The standard InChI is InChI=1S/C25H25F3N8O2/c1-38-20-4-2-3-16(26)23(20)24-30-7-5-21(34-24)33-22-9-18(35-8-6-19(37)17(29)13-35)15(11-31-22)14-10-32-36(12-14)25(27)28/h2-5,7,9-12,17,19,25,37H,6,8,13,29H2,1H3,(H,30,31,33,34)/t17-,19-/m1/s1. The Morgan fingerprint density at radius 2 is 2.03 bits per heavy atom. The number of aromatic nitrogens is 5. The van der Waals surface area contributed by atoms with E-state index in [0.717, 1.165) is 0 Å². The van der Waals surface area contributed by atoms with Gasteiger partial charge in [-0.3, -0.25) is 0 Å². The highest BCUT2D eigenvalue weighted by Gasteiger charge is 2.27. The van der Waals surface area contributed by atoms with Crippen LogP contribution in [0.5, 0.6) is 5.75 Å². The monoisotopic (exact) mass is 526 g/mol. The molecule has 0 saturated carbocycles. The Morgan fingerprint density at radius 3 is 2.76 bits per heavy atom. The summed E-state index contributed by atoms with van der Waals surface area (Å²) < 4.78 is 46.7. The summed E-state index contributed by atoms with van der Waals surface area (Å²) in [5.41, 5.74) is 7.93. The van der Waals surface area contributed by atoms with Crippen molar-refractivity contribution in [1.82, 2.24) is 24.7 Å². The van der Waals surface area contributed by atoms with Crippen LogP contribution in [0.25, 0.3) is 22.5 Å². The van der Waals surface area contributed by atoms with Crippen molar-refractivity contribution >= 4 is 17.3 Å². The number of anilines is 3. The van der Waals surface area contributed by atoms with Gasteiger partial charge in [-0.15, -0.1) is 0 Å². The fourth-order valence-electron chi connectivity index (χ4n) is 4.34. The highest BCUT2D eigenvalue weighted by Crippen LogP contribution is 2.35. The van der Waals surface area contributed by atoms with Gasteiger partial charge in [0.15, 0.2) is 5.82 Å². The van der Waals surface area contributed by atoms with Gasteiger partial charge < -0.3 is 25.8 Å². The van der Waals surface area contributed by atoms with Crippen LogP contribution in [0.4, 0.5) is 30.5 Å². The Kier molecular flexibility index (Phi) is 7.11. The summed E-state index contributed by atoms with van der Waals surface area (Å²) in [6.45, 7) is -1.93. The van der Waals surface area contributed by atoms with Gasteiger partial charge in [0.1, 0.15) is 23.2 Å². The number of alkyl halides is 2. The molecule has 4 N–H and O–H groups in total. The van der Waals surface area contributed by atoms with Gasteiger partial charge in [-0.1, -0.05) is 6.07 Å². The molecule has 10 nitrogen and oxygen atoms in total. The molecule has 13 heteroatoms. The molecule has 0 spiro atoms. The average molecular weight is 527 g/mol. The number of aliphatic hydroxyl groups excluding tert-OH is 1. The molecular weight excluding hydrogens is 501 g/mol. The molecule has 1 aliphatic heterocycles. The first kappa shape index (κ1) is 25.4. The molecule has 0 aliphatic carbocycles. The zero-order chi connectivity index (χ0) is 26.8.